The number of alkyl halides is 3. The number of fused-ring (bicyclic) bond motifs is 1. The molecule has 0 aliphatic heterocycles. The molecule has 3 aromatic rings. The first-order valence-corrected chi connectivity index (χ1v) is 6.75. The maximum Gasteiger partial charge on any atom is 0.433 e. The third-order valence-electron chi connectivity index (χ3n) is 3.34. The molecule has 0 amide bonds. The van der Waals surface area contributed by atoms with E-state index < -0.39 is 11.9 Å². The van der Waals surface area contributed by atoms with Crippen molar-refractivity contribution in [1.82, 2.24) is 20.3 Å². The molecular weight excluding hydrogens is 335 g/mol. The second kappa shape index (κ2) is 5.34. The van der Waals surface area contributed by atoms with Crippen molar-refractivity contribution < 1.29 is 17.8 Å². The minimum atomic E-state index is -4.63. The molecule has 0 bridgehead atoms. The Balaban J connectivity index is 2.13. The molecule has 3 aromatic heterocycles. The second-order valence-electron chi connectivity index (χ2n) is 4.84. The largest absolute Gasteiger partial charge is 0.433 e. The Bertz CT molecular complexity index is 893. The predicted octanol–water partition coefficient (Wildman–Crippen LogP) is 3.17. The summed E-state index contributed by atoms with van der Waals surface area (Å²) in [4.78, 5) is 7.51. The third-order valence-corrected chi connectivity index (χ3v) is 3.55. The lowest BCUT2D eigenvalue weighted by Gasteiger charge is -2.14. The molecule has 0 aliphatic carbocycles. The summed E-state index contributed by atoms with van der Waals surface area (Å²) < 4.78 is 43.9. The number of nitrogen functional groups attached to an aromatic ring is 1. The van der Waals surface area contributed by atoms with Gasteiger partial charge in [0.2, 0.25) is 5.65 Å². The molecule has 0 radical (unpaired) electrons. The molecule has 2 N–H and O–H groups in total. The minimum absolute atomic E-state index is 0.0608. The number of pyridine rings is 2. The molecule has 0 saturated carbocycles. The number of aryl methyl sites for hydroxylation is 1. The van der Waals surface area contributed by atoms with Gasteiger partial charge in [0, 0.05) is 17.7 Å². The number of aromatic nitrogens is 4. The molecule has 0 unspecified atom stereocenters. The number of hydrogen-bond donors (Lipinski definition) is 1. The number of anilines is 1. The smallest absolute Gasteiger partial charge is 0.396 e. The van der Waals surface area contributed by atoms with Gasteiger partial charge in [-0.3, -0.25) is 0 Å². The highest BCUT2D eigenvalue weighted by Crippen LogP contribution is 2.34. The lowest BCUT2D eigenvalue weighted by atomic mass is 10.0. The van der Waals surface area contributed by atoms with Crippen LogP contribution in [0.1, 0.15) is 22.5 Å². The summed E-state index contributed by atoms with van der Waals surface area (Å²) >= 11 is 5.57. The lowest BCUT2D eigenvalue weighted by molar-refractivity contribution is -0.141. The van der Waals surface area contributed by atoms with Gasteiger partial charge in [-0.05, 0) is 28.9 Å². The van der Waals surface area contributed by atoms with E-state index in [2.05, 4.69) is 24.9 Å². The number of hydrogen-bond acceptors (Lipinski definition) is 6. The maximum absolute atomic E-state index is 13.1. The quantitative estimate of drug-likeness (QED) is 0.719. The lowest BCUT2D eigenvalue weighted by Crippen LogP contribution is -2.13. The number of nitrogens with two attached hydrogens (primary N) is 1. The zero-order valence-electron chi connectivity index (χ0n) is 11.6. The number of rotatable bonds is 2. The van der Waals surface area contributed by atoms with E-state index in [4.69, 9.17) is 17.3 Å². The second-order valence-corrected chi connectivity index (χ2v) is 5.23. The van der Waals surface area contributed by atoms with E-state index in [1.165, 1.54) is 12.1 Å². The van der Waals surface area contributed by atoms with Crippen molar-refractivity contribution in [3.05, 3.63) is 39.8 Å². The molecule has 0 saturated heterocycles. The first-order chi connectivity index (χ1) is 10.8. The summed E-state index contributed by atoms with van der Waals surface area (Å²) in [6, 6.07) is 2.56. The van der Waals surface area contributed by atoms with Gasteiger partial charge in [0.05, 0.1) is 5.69 Å². The molecule has 0 fully saturated rings. The van der Waals surface area contributed by atoms with Gasteiger partial charge in [-0.25, -0.2) is 14.6 Å². The molecule has 3 rings (SSSR count). The summed E-state index contributed by atoms with van der Waals surface area (Å²) in [7, 11) is 0. The number of nitrogens with zero attached hydrogens (tertiary/aromatic N) is 4. The van der Waals surface area contributed by atoms with Gasteiger partial charge in [0.1, 0.15) is 10.8 Å². The van der Waals surface area contributed by atoms with Crippen LogP contribution in [0, 0.1) is 6.92 Å². The first kappa shape index (κ1) is 15.5. The average molecular weight is 344 g/mol. The molecule has 3 heterocycles. The van der Waals surface area contributed by atoms with Gasteiger partial charge in [0.15, 0.2) is 5.52 Å². The summed E-state index contributed by atoms with van der Waals surface area (Å²) in [5, 5.41) is 6.95. The molecule has 0 aromatic carbocycles. The van der Waals surface area contributed by atoms with E-state index in [9.17, 15) is 13.2 Å². The van der Waals surface area contributed by atoms with Crippen LogP contribution in [0.15, 0.2) is 16.8 Å². The summed E-state index contributed by atoms with van der Waals surface area (Å²) in [6.45, 7) is 1.62. The van der Waals surface area contributed by atoms with Crippen LogP contribution < -0.4 is 5.73 Å². The van der Waals surface area contributed by atoms with Crippen LogP contribution >= 0.6 is 11.6 Å². The van der Waals surface area contributed by atoms with Crippen LogP contribution in [0.4, 0.5) is 18.9 Å². The van der Waals surface area contributed by atoms with Crippen molar-refractivity contribution in [3.8, 4) is 0 Å². The Labute approximate surface area is 132 Å². The van der Waals surface area contributed by atoms with Crippen LogP contribution in [0.5, 0.6) is 0 Å². The highest BCUT2D eigenvalue weighted by Gasteiger charge is 2.36. The predicted molar refractivity (Wildman–Crippen MR) is 75.8 cm³/mol. The van der Waals surface area contributed by atoms with Gasteiger partial charge in [-0.15, -0.1) is 0 Å². The number of halogens is 4. The van der Waals surface area contributed by atoms with Crippen molar-refractivity contribution in [2.45, 2.75) is 19.5 Å². The average Bonchev–Trinajstić information content (AvgIpc) is 2.92. The van der Waals surface area contributed by atoms with Crippen molar-refractivity contribution in [2.24, 2.45) is 0 Å². The first-order valence-electron chi connectivity index (χ1n) is 6.37. The third kappa shape index (κ3) is 2.79. The minimum Gasteiger partial charge on any atom is -0.396 e. The monoisotopic (exact) mass is 343 g/mol. The topological polar surface area (TPSA) is 90.7 Å². The fourth-order valence-corrected chi connectivity index (χ4v) is 2.40. The van der Waals surface area contributed by atoms with Gasteiger partial charge in [0.25, 0.3) is 0 Å². The Morgan fingerprint density at radius 2 is 1.96 bits per heavy atom. The van der Waals surface area contributed by atoms with Crippen molar-refractivity contribution >= 4 is 28.5 Å². The zero-order chi connectivity index (χ0) is 16.8. The molecular formula is C13H9ClF3N5O. The Hall–Kier alpha value is -2.42. The zero-order valence-corrected chi connectivity index (χ0v) is 12.4. The molecule has 120 valence electrons. The van der Waals surface area contributed by atoms with Crippen molar-refractivity contribution in [3.63, 3.8) is 0 Å². The molecule has 0 aliphatic rings. The van der Waals surface area contributed by atoms with E-state index in [-0.39, 0.29) is 34.0 Å². The van der Waals surface area contributed by atoms with E-state index in [1.807, 2.05) is 0 Å². The van der Waals surface area contributed by atoms with Crippen LogP contribution in [0.2, 0.25) is 5.15 Å². The molecule has 0 atom stereocenters. The van der Waals surface area contributed by atoms with E-state index >= 15 is 0 Å². The molecule has 10 heteroatoms. The van der Waals surface area contributed by atoms with Gasteiger partial charge >= 0.3 is 6.18 Å². The van der Waals surface area contributed by atoms with Crippen molar-refractivity contribution in [1.29, 1.82) is 0 Å². The molecule has 0 spiro atoms. The van der Waals surface area contributed by atoms with Gasteiger partial charge < -0.3 is 5.73 Å². The standard InChI is InChI=1S/C13H9ClF3N5O/c1-5-7(9(18)10-12(19-5)22-23-21-10)4-6-2-3-8(14)20-11(6)13(15,16)17/h2-3H,4,18H2,1H3. The fourth-order valence-electron chi connectivity index (χ4n) is 2.26. The maximum atomic E-state index is 13.1. The SMILES string of the molecule is Cc1nc2nonc2c(N)c1Cc1ccc(Cl)nc1C(F)(F)F. The van der Waals surface area contributed by atoms with Crippen LogP contribution in [0.25, 0.3) is 11.2 Å². The van der Waals surface area contributed by atoms with Crippen LogP contribution in [0.3, 0.4) is 0 Å². The molecule has 6 nitrogen and oxygen atoms in total. The fraction of sp³-hybridized carbons (Fsp3) is 0.231. The summed E-state index contributed by atoms with van der Waals surface area (Å²) in [5.41, 5.74) is 6.29. The normalized spacial score (nSPS) is 12.0. The summed E-state index contributed by atoms with van der Waals surface area (Å²) in [6.07, 6.45) is -4.75. The highest BCUT2D eigenvalue weighted by molar-refractivity contribution is 6.29. The van der Waals surface area contributed by atoms with Crippen molar-refractivity contribution in [2.75, 3.05) is 5.73 Å². The van der Waals surface area contributed by atoms with E-state index in [0.717, 1.165) is 0 Å². The van der Waals surface area contributed by atoms with Crippen LogP contribution in [-0.4, -0.2) is 20.3 Å². The highest BCUT2D eigenvalue weighted by atomic mass is 35.5. The Morgan fingerprint density at radius 3 is 2.65 bits per heavy atom. The molecule has 23 heavy (non-hydrogen) atoms. The van der Waals surface area contributed by atoms with E-state index in [1.54, 1.807) is 6.92 Å². The Kier molecular flexibility index (Phi) is 3.59. The summed E-state index contributed by atoms with van der Waals surface area (Å²) in [5.74, 6) is 0. The Morgan fingerprint density at radius 1 is 1.22 bits per heavy atom. The van der Waals surface area contributed by atoms with Crippen LogP contribution in [-0.2, 0) is 12.6 Å². The van der Waals surface area contributed by atoms with Gasteiger partial charge in [-0.2, -0.15) is 13.2 Å². The van der Waals surface area contributed by atoms with E-state index in [0.29, 0.717) is 11.3 Å². The van der Waals surface area contributed by atoms with Gasteiger partial charge in [-0.1, -0.05) is 17.7 Å².